The molecule has 1 saturated heterocycles. The Morgan fingerprint density at radius 1 is 1.35 bits per heavy atom. The zero-order valence-corrected chi connectivity index (χ0v) is 12.0. The van der Waals surface area contributed by atoms with Crippen molar-refractivity contribution in [2.45, 2.75) is 44.6 Å². The molecular weight excluding hydrogens is 256 g/mol. The van der Waals surface area contributed by atoms with Gasteiger partial charge in [0.2, 0.25) is 5.89 Å². The van der Waals surface area contributed by atoms with Gasteiger partial charge in [0.25, 0.3) is 11.7 Å². The molecule has 1 unspecified atom stereocenters. The zero-order chi connectivity index (χ0) is 13.9. The molecule has 0 bridgehead atoms. The second-order valence-corrected chi connectivity index (χ2v) is 5.94. The molecule has 1 aromatic rings. The van der Waals surface area contributed by atoms with Gasteiger partial charge in [0.1, 0.15) is 0 Å². The van der Waals surface area contributed by atoms with E-state index in [1.807, 2.05) is 7.05 Å². The zero-order valence-electron chi connectivity index (χ0n) is 12.0. The van der Waals surface area contributed by atoms with Crippen molar-refractivity contribution >= 4 is 5.91 Å². The number of rotatable bonds is 4. The number of carbonyl (C=O) groups is 1. The van der Waals surface area contributed by atoms with Crippen LogP contribution < -0.4 is 5.32 Å². The Hall–Kier alpha value is -1.43. The molecule has 1 aromatic heterocycles. The first-order valence-corrected chi connectivity index (χ1v) is 7.56. The lowest BCUT2D eigenvalue weighted by molar-refractivity contribution is 0.0758. The van der Waals surface area contributed by atoms with Gasteiger partial charge in [-0.1, -0.05) is 18.0 Å². The summed E-state index contributed by atoms with van der Waals surface area (Å²) < 4.78 is 5.22. The van der Waals surface area contributed by atoms with Gasteiger partial charge in [-0.2, -0.15) is 4.98 Å². The molecule has 6 heteroatoms. The number of hydrogen-bond donors (Lipinski definition) is 1. The number of aromatic nitrogens is 2. The SMILES string of the molecule is CN(CC1CCCC1)C(=O)c1noc(C2CCCN2)n1. The van der Waals surface area contributed by atoms with Crippen molar-refractivity contribution in [3.63, 3.8) is 0 Å². The highest BCUT2D eigenvalue weighted by Crippen LogP contribution is 2.25. The van der Waals surface area contributed by atoms with Gasteiger partial charge in [-0.3, -0.25) is 4.79 Å². The summed E-state index contributed by atoms with van der Waals surface area (Å²) in [4.78, 5) is 18.3. The predicted molar refractivity (Wildman–Crippen MR) is 73.2 cm³/mol. The first-order chi connectivity index (χ1) is 9.74. The third-order valence-corrected chi connectivity index (χ3v) is 4.34. The summed E-state index contributed by atoms with van der Waals surface area (Å²) in [5.74, 6) is 1.23. The van der Waals surface area contributed by atoms with Gasteiger partial charge in [0, 0.05) is 13.6 Å². The molecule has 3 rings (SSSR count). The van der Waals surface area contributed by atoms with Crippen molar-refractivity contribution < 1.29 is 9.32 Å². The normalized spacial score (nSPS) is 23.4. The van der Waals surface area contributed by atoms with Gasteiger partial charge in [-0.25, -0.2) is 0 Å². The van der Waals surface area contributed by atoms with Gasteiger partial charge in [-0.15, -0.1) is 0 Å². The molecule has 0 radical (unpaired) electrons. The van der Waals surface area contributed by atoms with Gasteiger partial charge in [0.15, 0.2) is 0 Å². The van der Waals surface area contributed by atoms with Crippen LogP contribution in [-0.2, 0) is 0 Å². The Balaban J connectivity index is 1.60. The molecule has 1 aliphatic heterocycles. The van der Waals surface area contributed by atoms with Crippen LogP contribution in [0.5, 0.6) is 0 Å². The van der Waals surface area contributed by atoms with E-state index in [1.165, 1.54) is 25.7 Å². The van der Waals surface area contributed by atoms with E-state index in [0.717, 1.165) is 25.9 Å². The van der Waals surface area contributed by atoms with E-state index >= 15 is 0 Å². The van der Waals surface area contributed by atoms with E-state index in [-0.39, 0.29) is 17.8 Å². The number of nitrogens with zero attached hydrogens (tertiary/aromatic N) is 3. The average molecular weight is 278 g/mol. The molecule has 2 aliphatic rings. The van der Waals surface area contributed by atoms with E-state index in [1.54, 1.807) is 4.90 Å². The van der Waals surface area contributed by atoms with Crippen LogP contribution in [0.1, 0.15) is 61.1 Å². The molecule has 2 heterocycles. The minimum atomic E-state index is -0.134. The van der Waals surface area contributed by atoms with E-state index in [0.29, 0.717) is 11.8 Å². The van der Waals surface area contributed by atoms with Crippen molar-refractivity contribution in [2.75, 3.05) is 20.1 Å². The third-order valence-electron chi connectivity index (χ3n) is 4.34. The first-order valence-electron chi connectivity index (χ1n) is 7.56. The standard InChI is InChI=1S/C14H22N4O2/c1-18(9-10-5-2-3-6-10)14(19)12-16-13(20-17-12)11-7-4-8-15-11/h10-11,15H,2-9H2,1H3. The van der Waals surface area contributed by atoms with Crippen molar-refractivity contribution in [1.29, 1.82) is 0 Å². The van der Waals surface area contributed by atoms with Crippen molar-refractivity contribution in [3.05, 3.63) is 11.7 Å². The van der Waals surface area contributed by atoms with Gasteiger partial charge in [-0.05, 0) is 38.1 Å². The molecule has 1 atom stereocenters. The monoisotopic (exact) mass is 278 g/mol. The summed E-state index contributed by atoms with van der Waals surface area (Å²) in [6.45, 7) is 1.77. The maximum absolute atomic E-state index is 12.3. The van der Waals surface area contributed by atoms with Crippen LogP contribution in [0.15, 0.2) is 4.52 Å². The number of hydrogen-bond acceptors (Lipinski definition) is 5. The molecule has 2 fully saturated rings. The van der Waals surface area contributed by atoms with Crippen LogP contribution in [0, 0.1) is 5.92 Å². The average Bonchev–Trinajstić information content (AvgIpc) is 3.18. The Morgan fingerprint density at radius 2 is 2.15 bits per heavy atom. The van der Waals surface area contributed by atoms with E-state index in [9.17, 15) is 4.79 Å². The van der Waals surface area contributed by atoms with Crippen molar-refractivity contribution in [1.82, 2.24) is 20.4 Å². The predicted octanol–water partition coefficient (Wildman–Crippen LogP) is 1.76. The van der Waals surface area contributed by atoms with Crippen LogP contribution in [-0.4, -0.2) is 41.1 Å². The van der Waals surface area contributed by atoms with Crippen molar-refractivity contribution in [2.24, 2.45) is 5.92 Å². The molecule has 110 valence electrons. The molecule has 1 saturated carbocycles. The fourth-order valence-corrected chi connectivity index (χ4v) is 3.19. The Kier molecular flexibility index (Phi) is 4.00. The van der Waals surface area contributed by atoms with Crippen LogP contribution in [0.3, 0.4) is 0 Å². The Labute approximate surface area is 118 Å². The summed E-state index contributed by atoms with van der Waals surface area (Å²) in [6.07, 6.45) is 7.12. The third kappa shape index (κ3) is 2.85. The molecule has 1 aliphatic carbocycles. The quantitative estimate of drug-likeness (QED) is 0.908. The summed E-state index contributed by atoms with van der Waals surface area (Å²) in [6, 6.07) is 0.115. The highest BCUT2D eigenvalue weighted by Gasteiger charge is 2.26. The minimum Gasteiger partial charge on any atom is -0.339 e. The molecule has 20 heavy (non-hydrogen) atoms. The summed E-state index contributed by atoms with van der Waals surface area (Å²) in [7, 11) is 1.82. The van der Waals surface area contributed by atoms with Gasteiger partial charge >= 0.3 is 0 Å². The lowest BCUT2D eigenvalue weighted by Crippen LogP contribution is -2.31. The minimum absolute atomic E-state index is 0.115. The van der Waals surface area contributed by atoms with E-state index in [2.05, 4.69) is 15.5 Å². The first kappa shape index (κ1) is 13.5. The molecule has 1 amide bonds. The second-order valence-electron chi connectivity index (χ2n) is 5.94. The largest absolute Gasteiger partial charge is 0.339 e. The Bertz CT molecular complexity index is 461. The maximum Gasteiger partial charge on any atom is 0.295 e. The molecule has 1 N–H and O–H groups in total. The van der Waals surface area contributed by atoms with E-state index < -0.39 is 0 Å². The molecule has 0 aromatic carbocycles. The summed E-state index contributed by atoms with van der Waals surface area (Å²) >= 11 is 0. The second kappa shape index (κ2) is 5.91. The fourth-order valence-electron chi connectivity index (χ4n) is 3.19. The lowest BCUT2D eigenvalue weighted by Gasteiger charge is -2.19. The highest BCUT2D eigenvalue weighted by atomic mass is 16.5. The maximum atomic E-state index is 12.3. The van der Waals surface area contributed by atoms with Gasteiger partial charge in [0.05, 0.1) is 6.04 Å². The summed E-state index contributed by atoms with van der Waals surface area (Å²) in [5.41, 5.74) is 0. The van der Waals surface area contributed by atoms with Crippen molar-refractivity contribution in [3.8, 4) is 0 Å². The Morgan fingerprint density at radius 3 is 2.85 bits per heavy atom. The fraction of sp³-hybridized carbons (Fsp3) is 0.786. The van der Waals surface area contributed by atoms with Crippen LogP contribution in [0.2, 0.25) is 0 Å². The van der Waals surface area contributed by atoms with Gasteiger partial charge < -0.3 is 14.7 Å². The number of nitrogens with one attached hydrogen (secondary N) is 1. The van der Waals surface area contributed by atoms with Crippen LogP contribution in [0.25, 0.3) is 0 Å². The molecule has 0 spiro atoms. The van der Waals surface area contributed by atoms with Crippen LogP contribution in [0.4, 0.5) is 0 Å². The summed E-state index contributed by atoms with van der Waals surface area (Å²) in [5, 5.41) is 7.13. The topological polar surface area (TPSA) is 71.3 Å². The van der Waals surface area contributed by atoms with Crippen LogP contribution >= 0.6 is 0 Å². The van der Waals surface area contributed by atoms with E-state index in [4.69, 9.17) is 4.52 Å². The molecular formula is C14H22N4O2. The molecule has 6 nitrogen and oxygen atoms in total. The number of amides is 1. The number of carbonyl (C=O) groups excluding carboxylic acids is 1. The highest BCUT2D eigenvalue weighted by molar-refractivity contribution is 5.90. The smallest absolute Gasteiger partial charge is 0.295 e. The lowest BCUT2D eigenvalue weighted by atomic mass is 10.1.